The number of aromatic nitrogens is 1. The van der Waals surface area contributed by atoms with Crippen LogP contribution >= 0.6 is 23.2 Å². The lowest BCUT2D eigenvalue weighted by Gasteiger charge is -2.34. The zero-order chi connectivity index (χ0) is 21.4. The Kier molecular flexibility index (Phi) is 6.11. The Balaban J connectivity index is 1.83. The van der Waals surface area contributed by atoms with Gasteiger partial charge in [-0.25, -0.2) is 0 Å². The monoisotopic (exact) mass is 441 g/mol. The second kappa shape index (κ2) is 8.11. The lowest BCUT2D eigenvalue weighted by molar-refractivity contribution is -0.137. The molecule has 0 saturated carbocycles. The Labute approximate surface area is 177 Å². The minimum atomic E-state index is -4.50. The van der Waals surface area contributed by atoms with Crippen LogP contribution in [0.1, 0.15) is 36.6 Å². The maximum absolute atomic E-state index is 13.1. The van der Waals surface area contributed by atoms with E-state index in [9.17, 15) is 13.2 Å². The summed E-state index contributed by atoms with van der Waals surface area (Å²) in [5, 5.41) is 4.41. The molecule has 3 nitrogen and oxygen atoms in total. The van der Waals surface area contributed by atoms with Gasteiger partial charge in [-0.15, -0.1) is 0 Å². The zero-order valence-electron chi connectivity index (χ0n) is 15.8. The summed E-state index contributed by atoms with van der Waals surface area (Å²) in [6.45, 7) is 4.01. The molecule has 0 spiro atoms. The number of pyridine rings is 1. The van der Waals surface area contributed by atoms with Gasteiger partial charge in [0.2, 0.25) is 0 Å². The summed E-state index contributed by atoms with van der Waals surface area (Å²) >= 11 is 11.7. The molecule has 1 aromatic heterocycles. The molecule has 0 aliphatic rings. The van der Waals surface area contributed by atoms with Crippen molar-refractivity contribution < 1.29 is 13.2 Å². The van der Waals surface area contributed by atoms with Gasteiger partial charge in [0.1, 0.15) is 0 Å². The fraction of sp³-hybridized carbons (Fsp3) is 0.286. The fourth-order valence-corrected chi connectivity index (χ4v) is 3.53. The van der Waals surface area contributed by atoms with Gasteiger partial charge in [0.25, 0.3) is 0 Å². The van der Waals surface area contributed by atoms with Crippen LogP contribution in [0.4, 0.5) is 13.2 Å². The quantitative estimate of drug-likeness (QED) is 0.500. The standard InChI is InChI=1S/C21H20Cl2F3N3/c1-20(2,29-11-12-3-6-17(23)16(9-12)21(24,25)26)19(27)15-7-8-28-18-10-13(22)4-5-14(15)18/h3-10,19,29H,11,27H2,1-2H3. The van der Waals surface area contributed by atoms with E-state index in [1.807, 2.05) is 26.0 Å². The number of benzene rings is 2. The van der Waals surface area contributed by atoms with Crippen molar-refractivity contribution >= 4 is 34.1 Å². The van der Waals surface area contributed by atoms with E-state index < -0.39 is 23.3 Å². The molecule has 0 aliphatic carbocycles. The Hall–Kier alpha value is -1.86. The molecule has 0 bridgehead atoms. The number of nitrogens with zero attached hydrogens (tertiary/aromatic N) is 1. The molecule has 3 rings (SSSR count). The Bertz CT molecular complexity index is 1040. The lowest BCUT2D eigenvalue weighted by atomic mass is 9.87. The molecule has 29 heavy (non-hydrogen) atoms. The Morgan fingerprint density at radius 3 is 2.48 bits per heavy atom. The average Bonchev–Trinajstić information content (AvgIpc) is 2.65. The number of hydrogen-bond donors (Lipinski definition) is 2. The van der Waals surface area contributed by atoms with Gasteiger partial charge >= 0.3 is 6.18 Å². The first-order valence-corrected chi connectivity index (χ1v) is 9.65. The van der Waals surface area contributed by atoms with Gasteiger partial charge in [-0.1, -0.05) is 35.3 Å². The third kappa shape index (κ3) is 4.83. The molecule has 0 saturated heterocycles. The van der Waals surface area contributed by atoms with Gasteiger partial charge in [-0.2, -0.15) is 13.2 Å². The highest BCUT2D eigenvalue weighted by Crippen LogP contribution is 2.35. The SMILES string of the molecule is CC(C)(NCc1ccc(Cl)c(C(F)(F)F)c1)C(N)c1ccnc2cc(Cl)ccc12. The van der Waals surface area contributed by atoms with E-state index >= 15 is 0 Å². The van der Waals surface area contributed by atoms with Crippen LogP contribution in [0, 0.1) is 0 Å². The number of hydrogen-bond acceptors (Lipinski definition) is 3. The van der Waals surface area contributed by atoms with E-state index in [0.29, 0.717) is 10.6 Å². The van der Waals surface area contributed by atoms with Crippen LogP contribution in [0.3, 0.4) is 0 Å². The minimum absolute atomic E-state index is 0.204. The van der Waals surface area contributed by atoms with E-state index in [1.165, 1.54) is 6.07 Å². The van der Waals surface area contributed by atoms with Crippen molar-refractivity contribution in [3.63, 3.8) is 0 Å². The van der Waals surface area contributed by atoms with Crippen LogP contribution < -0.4 is 11.1 Å². The van der Waals surface area contributed by atoms with Crippen molar-refractivity contribution in [1.82, 2.24) is 10.3 Å². The van der Waals surface area contributed by atoms with Crippen LogP contribution in [0.2, 0.25) is 10.0 Å². The third-order valence-corrected chi connectivity index (χ3v) is 5.50. The van der Waals surface area contributed by atoms with Crippen molar-refractivity contribution in [2.75, 3.05) is 0 Å². The van der Waals surface area contributed by atoms with Gasteiger partial charge in [-0.05, 0) is 55.3 Å². The largest absolute Gasteiger partial charge is 0.417 e. The predicted molar refractivity (Wildman–Crippen MR) is 111 cm³/mol. The second-order valence-electron chi connectivity index (χ2n) is 7.43. The topological polar surface area (TPSA) is 50.9 Å². The summed E-state index contributed by atoms with van der Waals surface area (Å²) in [7, 11) is 0. The van der Waals surface area contributed by atoms with Gasteiger partial charge in [0, 0.05) is 34.7 Å². The molecular formula is C21H20Cl2F3N3. The van der Waals surface area contributed by atoms with E-state index in [-0.39, 0.29) is 11.6 Å². The molecule has 3 aromatic rings. The maximum atomic E-state index is 13.1. The Morgan fingerprint density at radius 1 is 1.07 bits per heavy atom. The van der Waals surface area contributed by atoms with Crippen molar-refractivity contribution in [3.8, 4) is 0 Å². The molecule has 0 radical (unpaired) electrons. The summed E-state index contributed by atoms with van der Waals surface area (Å²) in [5.41, 5.74) is 7.14. The molecule has 1 atom stereocenters. The van der Waals surface area contributed by atoms with Crippen molar-refractivity contribution in [3.05, 3.63) is 75.4 Å². The smallest absolute Gasteiger partial charge is 0.322 e. The highest BCUT2D eigenvalue weighted by atomic mass is 35.5. The molecule has 154 valence electrons. The second-order valence-corrected chi connectivity index (χ2v) is 8.27. The molecule has 0 aliphatic heterocycles. The van der Waals surface area contributed by atoms with Crippen molar-refractivity contribution in [2.24, 2.45) is 5.73 Å². The molecule has 0 amide bonds. The molecule has 8 heteroatoms. The summed E-state index contributed by atoms with van der Waals surface area (Å²) in [4.78, 5) is 4.32. The average molecular weight is 442 g/mol. The van der Waals surface area contributed by atoms with Gasteiger partial charge in [-0.3, -0.25) is 4.98 Å². The van der Waals surface area contributed by atoms with E-state index in [0.717, 1.165) is 22.5 Å². The van der Waals surface area contributed by atoms with Crippen molar-refractivity contribution in [1.29, 1.82) is 0 Å². The lowest BCUT2D eigenvalue weighted by Crippen LogP contribution is -2.48. The van der Waals surface area contributed by atoms with Gasteiger partial charge in [0.05, 0.1) is 16.1 Å². The highest BCUT2D eigenvalue weighted by molar-refractivity contribution is 6.31. The maximum Gasteiger partial charge on any atom is 0.417 e. The summed E-state index contributed by atoms with van der Waals surface area (Å²) in [5.74, 6) is 0. The van der Waals surface area contributed by atoms with E-state index in [4.69, 9.17) is 28.9 Å². The first-order chi connectivity index (χ1) is 13.5. The molecule has 3 N–H and O–H groups in total. The molecular weight excluding hydrogens is 422 g/mol. The number of nitrogens with two attached hydrogens (primary N) is 1. The normalized spacial score (nSPS) is 13.7. The van der Waals surface area contributed by atoms with Crippen LogP contribution in [-0.2, 0) is 12.7 Å². The number of halogens is 5. The van der Waals surface area contributed by atoms with Crippen LogP contribution in [0.5, 0.6) is 0 Å². The van der Waals surface area contributed by atoms with Gasteiger partial charge in [0.15, 0.2) is 0 Å². The zero-order valence-corrected chi connectivity index (χ0v) is 17.3. The fourth-order valence-electron chi connectivity index (χ4n) is 3.14. The molecule has 1 unspecified atom stereocenters. The number of nitrogens with one attached hydrogen (secondary N) is 1. The number of fused-ring (bicyclic) bond motifs is 1. The Morgan fingerprint density at radius 2 is 1.79 bits per heavy atom. The third-order valence-electron chi connectivity index (χ3n) is 4.94. The number of alkyl halides is 3. The summed E-state index contributed by atoms with van der Waals surface area (Å²) in [6.07, 6.45) is -2.84. The summed E-state index contributed by atoms with van der Waals surface area (Å²) < 4.78 is 39.3. The van der Waals surface area contributed by atoms with Crippen LogP contribution in [-0.4, -0.2) is 10.5 Å². The molecule has 1 heterocycles. The molecule has 0 fully saturated rings. The molecule has 2 aromatic carbocycles. The van der Waals surface area contributed by atoms with Crippen LogP contribution in [0.15, 0.2) is 48.7 Å². The van der Waals surface area contributed by atoms with E-state index in [2.05, 4.69) is 10.3 Å². The van der Waals surface area contributed by atoms with Crippen molar-refractivity contribution in [2.45, 2.75) is 38.1 Å². The van der Waals surface area contributed by atoms with Crippen LogP contribution in [0.25, 0.3) is 10.9 Å². The number of rotatable bonds is 5. The first kappa shape index (κ1) is 21.8. The summed E-state index contributed by atoms with van der Waals surface area (Å²) in [6, 6.07) is 10.7. The van der Waals surface area contributed by atoms with E-state index in [1.54, 1.807) is 24.4 Å². The minimum Gasteiger partial charge on any atom is -0.322 e. The first-order valence-electron chi connectivity index (χ1n) is 8.89. The highest BCUT2D eigenvalue weighted by Gasteiger charge is 2.34. The van der Waals surface area contributed by atoms with Gasteiger partial charge < -0.3 is 11.1 Å². The predicted octanol–water partition coefficient (Wildman–Crippen LogP) is 6.13.